The number of aromatic nitrogens is 1. The fraction of sp³-hybridized carbons (Fsp3) is 0.548. The average molecular weight is 559 g/mol. The van der Waals surface area contributed by atoms with E-state index in [1.807, 2.05) is 36.1 Å². The van der Waals surface area contributed by atoms with Gasteiger partial charge >= 0.3 is 5.97 Å². The smallest absolute Gasteiger partial charge is 0.332 e. The Hall–Kier alpha value is -2.88. The van der Waals surface area contributed by atoms with Crippen LogP contribution in [0.2, 0.25) is 0 Å². The molecule has 9 heteroatoms. The van der Waals surface area contributed by atoms with Gasteiger partial charge in [-0.05, 0) is 80.4 Å². The van der Waals surface area contributed by atoms with Gasteiger partial charge in [0.2, 0.25) is 0 Å². The van der Waals surface area contributed by atoms with Gasteiger partial charge in [0.15, 0.2) is 0 Å². The molecule has 1 aliphatic heterocycles. The Morgan fingerprint density at radius 3 is 2.60 bits per heavy atom. The lowest BCUT2D eigenvalue weighted by molar-refractivity contribution is -0.148. The number of nitrogens with zero attached hydrogens (tertiary/aromatic N) is 2. The number of unbranched alkanes of at least 4 members (excludes halogenated alkanes) is 2. The van der Waals surface area contributed by atoms with Gasteiger partial charge in [0.25, 0.3) is 6.43 Å². The highest BCUT2D eigenvalue weighted by Crippen LogP contribution is 2.48. The van der Waals surface area contributed by atoms with Crippen molar-refractivity contribution in [1.29, 1.82) is 0 Å². The van der Waals surface area contributed by atoms with Crippen molar-refractivity contribution in [3.63, 3.8) is 0 Å². The Bertz CT molecular complexity index is 1120. The van der Waals surface area contributed by atoms with E-state index < -0.39 is 6.43 Å². The molecule has 0 radical (unpaired) electrons. The lowest BCUT2D eigenvalue weighted by Gasteiger charge is -2.41. The molecule has 2 atom stereocenters. The molecule has 4 rings (SSSR count). The maximum Gasteiger partial charge on any atom is 0.332 e. The number of benzene rings is 1. The summed E-state index contributed by atoms with van der Waals surface area (Å²) in [6, 6.07) is 11.8. The van der Waals surface area contributed by atoms with Crippen LogP contribution in [0.4, 0.5) is 8.78 Å². The van der Waals surface area contributed by atoms with Crippen LogP contribution < -0.4 is 4.74 Å². The first kappa shape index (κ1) is 30.1. The van der Waals surface area contributed by atoms with Gasteiger partial charge in [0.1, 0.15) is 19.0 Å². The van der Waals surface area contributed by atoms with E-state index in [-0.39, 0.29) is 31.2 Å². The van der Waals surface area contributed by atoms with E-state index in [0.29, 0.717) is 38.8 Å². The molecule has 0 N–H and O–H groups in total. The van der Waals surface area contributed by atoms with Gasteiger partial charge in [-0.15, -0.1) is 0 Å². The molecule has 0 saturated heterocycles. The van der Waals surface area contributed by atoms with Crippen LogP contribution in [0.15, 0.2) is 48.2 Å². The molecule has 1 aliphatic carbocycles. The monoisotopic (exact) mass is 558 g/mol. The number of hydrogen-bond donors (Lipinski definition) is 0. The topological polar surface area (TPSA) is 70.1 Å². The maximum atomic E-state index is 13.6. The molecule has 40 heavy (non-hydrogen) atoms. The molecule has 2 aromatic rings. The SMILES string of the molecule is CCOC(=O)COCCCCCOCCOc1ccc([C@@H]2C3=C(C[C@@H](C)N2CC(F)F)c2ccccc2C3)nc1. The van der Waals surface area contributed by atoms with Crippen molar-refractivity contribution >= 4 is 11.5 Å². The Balaban J connectivity index is 1.23. The Morgan fingerprint density at radius 2 is 1.85 bits per heavy atom. The van der Waals surface area contributed by atoms with Crippen LogP contribution in [0.3, 0.4) is 0 Å². The summed E-state index contributed by atoms with van der Waals surface area (Å²) < 4.78 is 48.7. The van der Waals surface area contributed by atoms with Gasteiger partial charge in [-0.3, -0.25) is 9.88 Å². The van der Waals surface area contributed by atoms with Crippen molar-refractivity contribution in [2.45, 2.75) is 64.5 Å². The molecular weight excluding hydrogens is 518 g/mol. The number of alkyl halides is 2. The van der Waals surface area contributed by atoms with E-state index in [2.05, 4.69) is 17.1 Å². The van der Waals surface area contributed by atoms with Gasteiger partial charge in [0, 0.05) is 19.3 Å². The number of fused-ring (bicyclic) bond motifs is 2. The molecule has 0 fully saturated rings. The summed E-state index contributed by atoms with van der Waals surface area (Å²) in [6.07, 6.45) is 3.49. The fourth-order valence-electron chi connectivity index (χ4n) is 5.52. The van der Waals surface area contributed by atoms with Gasteiger partial charge in [-0.25, -0.2) is 13.6 Å². The van der Waals surface area contributed by atoms with E-state index in [0.717, 1.165) is 37.8 Å². The van der Waals surface area contributed by atoms with Crippen molar-refractivity contribution in [3.05, 3.63) is 65.0 Å². The van der Waals surface area contributed by atoms with Crippen LogP contribution in [-0.4, -0.2) is 74.5 Å². The van der Waals surface area contributed by atoms with Crippen LogP contribution in [0.25, 0.3) is 5.57 Å². The second kappa shape index (κ2) is 15.2. The van der Waals surface area contributed by atoms with Crippen molar-refractivity contribution in [2.75, 3.05) is 46.2 Å². The molecule has 1 aromatic heterocycles. The lowest BCUT2D eigenvalue weighted by atomic mass is 9.87. The predicted molar refractivity (Wildman–Crippen MR) is 148 cm³/mol. The maximum absolute atomic E-state index is 13.6. The van der Waals surface area contributed by atoms with Crippen molar-refractivity contribution in [2.24, 2.45) is 0 Å². The highest BCUT2D eigenvalue weighted by molar-refractivity contribution is 5.78. The van der Waals surface area contributed by atoms with Gasteiger partial charge in [0.05, 0.1) is 37.7 Å². The third-order valence-corrected chi connectivity index (χ3v) is 7.33. The number of rotatable bonds is 16. The number of halogens is 2. The first-order valence-electron chi connectivity index (χ1n) is 14.2. The minimum absolute atomic E-state index is 0.00157. The second-order valence-electron chi connectivity index (χ2n) is 10.2. The summed E-state index contributed by atoms with van der Waals surface area (Å²) in [5.74, 6) is 0.290. The molecule has 0 spiro atoms. The van der Waals surface area contributed by atoms with E-state index in [1.54, 1.807) is 13.1 Å². The molecule has 218 valence electrons. The van der Waals surface area contributed by atoms with E-state index in [9.17, 15) is 13.6 Å². The summed E-state index contributed by atoms with van der Waals surface area (Å²) in [4.78, 5) is 17.8. The van der Waals surface area contributed by atoms with E-state index in [4.69, 9.17) is 18.9 Å². The highest BCUT2D eigenvalue weighted by atomic mass is 19.3. The minimum atomic E-state index is -2.41. The molecule has 2 heterocycles. The summed E-state index contributed by atoms with van der Waals surface area (Å²) in [6.45, 7) is 5.87. The molecule has 0 bridgehead atoms. The third kappa shape index (κ3) is 8.08. The van der Waals surface area contributed by atoms with Gasteiger partial charge in [-0.2, -0.15) is 0 Å². The lowest BCUT2D eigenvalue weighted by Crippen LogP contribution is -2.43. The zero-order valence-corrected chi connectivity index (χ0v) is 23.5. The van der Waals surface area contributed by atoms with Crippen LogP contribution in [0.1, 0.15) is 62.4 Å². The van der Waals surface area contributed by atoms with Crippen molar-refractivity contribution in [1.82, 2.24) is 9.88 Å². The average Bonchev–Trinajstić information content (AvgIpc) is 3.30. The third-order valence-electron chi connectivity index (χ3n) is 7.33. The zero-order chi connectivity index (χ0) is 28.3. The highest BCUT2D eigenvalue weighted by Gasteiger charge is 2.40. The minimum Gasteiger partial charge on any atom is -0.490 e. The zero-order valence-electron chi connectivity index (χ0n) is 23.5. The van der Waals surface area contributed by atoms with Crippen LogP contribution in [0.5, 0.6) is 5.75 Å². The number of ether oxygens (including phenoxy) is 4. The van der Waals surface area contributed by atoms with E-state index in [1.165, 1.54) is 22.3 Å². The number of esters is 1. The van der Waals surface area contributed by atoms with Crippen molar-refractivity contribution < 1.29 is 32.5 Å². The number of hydrogen-bond acceptors (Lipinski definition) is 7. The fourth-order valence-corrected chi connectivity index (χ4v) is 5.52. The quantitative estimate of drug-likeness (QED) is 0.195. The molecule has 0 unspecified atom stereocenters. The normalized spacial score (nSPS) is 18.6. The van der Waals surface area contributed by atoms with Crippen LogP contribution in [-0.2, 0) is 25.4 Å². The molecule has 0 amide bonds. The summed E-state index contributed by atoms with van der Waals surface area (Å²) in [7, 11) is 0. The molecule has 2 aliphatic rings. The number of carbonyl (C=O) groups excluding carboxylic acids is 1. The van der Waals surface area contributed by atoms with Crippen LogP contribution >= 0.6 is 0 Å². The van der Waals surface area contributed by atoms with E-state index >= 15 is 0 Å². The standard InChI is InChI=1S/C31H40F2N2O5/c1-3-39-30(36)21-38-14-8-4-7-13-37-15-16-40-24-11-12-28(34-19-24)31-27-18-23-9-5-6-10-25(23)26(27)17-22(2)35(31)20-29(32)33/h5-6,9-12,19,22,29,31H,3-4,7-8,13-18,20-21H2,1-2H3/t22-,31+/m1/s1. The number of pyridine rings is 1. The summed E-state index contributed by atoms with van der Waals surface area (Å²) in [5.41, 5.74) is 5.73. The molecule has 7 nitrogen and oxygen atoms in total. The Morgan fingerprint density at radius 1 is 1.05 bits per heavy atom. The van der Waals surface area contributed by atoms with Gasteiger partial charge < -0.3 is 18.9 Å². The predicted octanol–water partition coefficient (Wildman–Crippen LogP) is 5.64. The van der Waals surface area contributed by atoms with Gasteiger partial charge in [-0.1, -0.05) is 24.3 Å². The second-order valence-corrected chi connectivity index (χ2v) is 10.2. The molecule has 0 saturated carbocycles. The molecule has 1 aromatic carbocycles. The summed E-state index contributed by atoms with van der Waals surface area (Å²) >= 11 is 0. The largest absolute Gasteiger partial charge is 0.490 e. The van der Waals surface area contributed by atoms with Crippen molar-refractivity contribution in [3.8, 4) is 5.75 Å². The Labute approximate surface area is 235 Å². The number of carbonyl (C=O) groups is 1. The molecular formula is C31H40F2N2O5. The van der Waals surface area contributed by atoms with Crippen LogP contribution in [0, 0.1) is 0 Å². The first-order chi connectivity index (χ1) is 19.5. The summed E-state index contributed by atoms with van der Waals surface area (Å²) in [5, 5.41) is 0. The Kier molecular flexibility index (Phi) is 11.4. The first-order valence-corrected chi connectivity index (χ1v) is 14.2.